The number of nitrogens with two attached hydrogens (primary N) is 2. The van der Waals surface area contributed by atoms with Gasteiger partial charge in [0.25, 0.3) is 11.8 Å². The summed E-state index contributed by atoms with van der Waals surface area (Å²) in [6.07, 6.45) is 3.16. The average molecular weight is 310 g/mol. The number of carbonyl (C=O) groups excluding carboxylic acids is 2. The predicted octanol–water partition coefficient (Wildman–Crippen LogP) is 1.78. The summed E-state index contributed by atoms with van der Waals surface area (Å²) in [5, 5.41) is 6.58. The van der Waals surface area contributed by atoms with Crippen molar-refractivity contribution in [2.75, 3.05) is 24.1 Å². The fourth-order valence-electron chi connectivity index (χ4n) is 1.98. The van der Waals surface area contributed by atoms with Gasteiger partial charge in [0.1, 0.15) is 9.88 Å². The number of hydrogen-bond acceptors (Lipinski definition) is 5. The molecule has 0 unspecified atom stereocenters. The van der Waals surface area contributed by atoms with E-state index in [0.717, 1.165) is 25.8 Å². The summed E-state index contributed by atoms with van der Waals surface area (Å²) in [5.41, 5.74) is 12.0. The van der Waals surface area contributed by atoms with E-state index in [1.807, 2.05) is 6.92 Å². The minimum absolute atomic E-state index is 0.171. The number of primary amides is 1. The van der Waals surface area contributed by atoms with Gasteiger partial charge in [0.05, 0.1) is 11.3 Å². The van der Waals surface area contributed by atoms with Crippen LogP contribution in [-0.4, -0.2) is 24.9 Å². The molecule has 1 saturated carbocycles. The average Bonchev–Trinajstić information content (AvgIpc) is 3.06. The van der Waals surface area contributed by atoms with E-state index in [1.165, 1.54) is 11.3 Å². The number of anilines is 2. The SMILES string of the molecule is CCCNC(=O)c1sc(NCC2(C)CC2)c(C(N)=O)c1N. The van der Waals surface area contributed by atoms with Gasteiger partial charge in [-0.1, -0.05) is 13.8 Å². The molecule has 1 aromatic heterocycles. The largest absolute Gasteiger partial charge is 0.397 e. The van der Waals surface area contributed by atoms with Gasteiger partial charge in [-0.15, -0.1) is 11.3 Å². The van der Waals surface area contributed by atoms with Gasteiger partial charge in [0, 0.05) is 13.1 Å². The van der Waals surface area contributed by atoms with Gasteiger partial charge in [-0.2, -0.15) is 0 Å². The molecule has 2 rings (SSSR count). The van der Waals surface area contributed by atoms with Crippen LogP contribution in [0, 0.1) is 5.41 Å². The first-order valence-corrected chi connectivity index (χ1v) is 7.94. The molecule has 7 heteroatoms. The Bertz CT molecular complexity index is 564. The van der Waals surface area contributed by atoms with Crippen LogP contribution in [0.15, 0.2) is 0 Å². The van der Waals surface area contributed by atoms with Gasteiger partial charge in [-0.05, 0) is 24.7 Å². The van der Waals surface area contributed by atoms with Gasteiger partial charge >= 0.3 is 0 Å². The summed E-state index contributed by atoms with van der Waals surface area (Å²) >= 11 is 1.19. The second-order valence-corrected chi connectivity index (χ2v) is 6.85. The predicted molar refractivity (Wildman–Crippen MR) is 85.7 cm³/mol. The molecular weight excluding hydrogens is 288 g/mol. The van der Waals surface area contributed by atoms with Crippen LogP contribution in [0.1, 0.15) is 53.1 Å². The Hall–Kier alpha value is -1.76. The summed E-state index contributed by atoms with van der Waals surface area (Å²) in [7, 11) is 0. The third-order valence-corrected chi connectivity index (χ3v) is 4.87. The molecule has 6 nitrogen and oxygen atoms in total. The first-order chi connectivity index (χ1) is 9.88. The summed E-state index contributed by atoms with van der Waals surface area (Å²) in [5.74, 6) is -0.866. The summed E-state index contributed by atoms with van der Waals surface area (Å²) in [4.78, 5) is 24.0. The molecule has 21 heavy (non-hydrogen) atoms. The van der Waals surface area contributed by atoms with Crippen molar-refractivity contribution in [3.63, 3.8) is 0 Å². The van der Waals surface area contributed by atoms with Crippen LogP contribution >= 0.6 is 11.3 Å². The lowest BCUT2D eigenvalue weighted by atomic mass is 10.1. The number of thiophene rings is 1. The molecule has 116 valence electrons. The molecule has 0 radical (unpaired) electrons. The number of nitrogen functional groups attached to an aromatic ring is 1. The zero-order chi connectivity index (χ0) is 15.6. The Kier molecular flexibility index (Phi) is 4.41. The van der Waals surface area contributed by atoms with E-state index in [9.17, 15) is 9.59 Å². The van der Waals surface area contributed by atoms with Crippen molar-refractivity contribution in [2.24, 2.45) is 11.1 Å². The maximum atomic E-state index is 12.1. The second-order valence-electron chi connectivity index (χ2n) is 5.83. The van der Waals surface area contributed by atoms with Crippen LogP contribution in [-0.2, 0) is 0 Å². The molecule has 1 fully saturated rings. The monoisotopic (exact) mass is 310 g/mol. The fraction of sp³-hybridized carbons (Fsp3) is 0.571. The Morgan fingerprint density at radius 3 is 2.57 bits per heavy atom. The van der Waals surface area contributed by atoms with Crippen molar-refractivity contribution in [3.05, 3.63) is 10.4 Å². The first kappa shape index (κ1) is 15.6. The Morgan fingerprint density at radius 2 is 2.05 bits per heavy atom. The van der Waals surface area contributed by atoms with E-state index in [0.29, 0.717) is 16.4 Å². The molecule has 1 aliphatic carbocycles. The van der Waals surface area contributed by atoms with Gasteiger partial charge < -0.3 is 22.1 Å². The van der Waals surface area contributed by atoms with Crippen molar-refractivity contribution in [1.29, 1.82) is 0 Å². The zero-order valence-electron chi connectivity index (χ0n) is 12.4. The highest BCUT2D eigenvalue weighted by atomic mass is 32.1. The minimum atomic E-state index is -0.609. The molecule has 0 saturated heterocycles. The molecule has 0 aromatic carbocycles. The smallest absolute Gasteiger partial charge is 0.263 e. The van der Waals surface area contributed by atoms with E-state index in [1.54, 1.807) is 0 Å². The number of hydrogen-bond donors (Lipinski definition) is 4. The molecular formula is C14H22N4O2S. The molecule has 2 amide bonds. The molecule has 6 N–H and O–H groups in total. The lowest BCUT2D eigenvalue weighted by Crippen LogP contribution is -2.24. The Labute approximate surface area is 128 Å². The lowest BCUT2D eigenvalue weighted by Gasteiger charge is -2.10. The molecule has 0 aliphatic heterocycles. The molecule has 0 bridgehead atoms. The quantitative estimate of drug-likeness (QED) is 0.615. The van der Waals surface area contributed by atoms with Gasteiger partial charge in [0.2, 0.25) is 0 Å². The fourth-order valence-corrected chi connectivity index (χ4v) is 3.02. The van der Waals surface area contributed by atoms with Crippen molar-refractivity contribution in [2.45, 2.75) is 33.1 Å². The summed E-state index contributed by atoms with van der Waals surface area (Å²) in [6.45, 7) is 5.47. The Balaban J connectivity index is 2.22. The van der Waals surface area contributed by atoms with Crippen molar-refractivity contribution in [3.8, 4) is 0 Å². The maximum absolute atomic E-state index is 12.1. The highest BCUT2D eigenvalue weighted by molar-refractivity contribution is 7.19. The lowest BCUT2D eigenvalue weighted by molar-refractivity contribution is 0.0958. The number of nitrogens with one attached hydrogen (secondary N) is 2. The number of amides is 2. The normalized spacial score (nSPS) is 15.5. The van der Waals surface area contributed by atoms with Crippen LogP contribution < -0.4 is 22.1 Å². The maximum Gasteiger partial charge on any atom is 0.263 e. The van der Waals surface area contributed by atoms with E-state index < -0.39 is 5.91 Å². The third-order valence-electron chi connectivity index (χ3n) is 3.71. The number of rotatable bonds is 7. The van der Waals surface area contributed by atoms with Crippen LogP contribution in [0.4, 0.5) is 10.7 Å². The first-order valence-electron chi connectivity index (χ1n) is 7.12. The van der Waals surface area contributed by atoms with Gasteiger partial charge in [-0.25, -0.2) is 0 Å². The number of carbonyl (C=O) groups is 2. The van der Waals surface area contributed by atoms with Crippen LogP contribution in [0.5, 0.6) is 0 Å². The molecule has 1 aromatic rings. The molecule has 1 heterocycles. The van der Waals surface area contributed by atoms with E-state index in [-0.39, 0.29) is 22.6 Å². The minimum Gasteiger partial charge on any atom is -0.397 e. The Morgan fingerprint density at radius 1 is 1.38 bits per heavy atom. The standard InChI is InChI=1S/C14H22N4O2S/c1-3-6-17-12(20)10-9(15)8(11(16)19)13(21-10)18-7-14(2)4-5-14/h18H,3-7,15H2,1-2H3,(H2,16,19)(H,17,20). The topological polar surface area (TPSA) is 110 Å². The third kappa shape index (κ3) is 3.47. The van der Waals surface area contributed by atoms with Crippen LogP contribution in [0.2, 0.25) is 0 Å². The molecule has 1 aliphatic rings. The highest BCUT2D eigenvalue weighted by Gasteiger charge is 2.37. The second kappa shape index (κ2) is 5.93. The molecule has 0 spiro atoms. The zero-order valence-corrected chi connectivity index (χ0v) is 13.2. The van der Waals surface area contributed by atoms with Crippen LogP contribution in [0.3, 0.4) is 0 Å². The van der Waals surface area contributed by atoms with E-state index >= 15 is 0 Å². The van der Waals surface area contributed by atoms with Gasteiger partial charge in [0.15, 0.2) is 0 Å². The van der Waals surface area contributed by atoms with Crippen molar-refractivity contribution in [1.82, 2.24) is 5.32 Å². The van der Waals surface area contributed by atoms with E-state index in [2.05, 4.69) is 17.6 Å². The molecule has 0 atom stereocenters. The summed E-state index contributed by atoms with van der Waals surface area (Å²) in [6, 6.07) is 0. The summed E-state index contributed by atoms with van der Waals surface area (Å²) < 4.78 is 0. The van der Waals surface area contributed by atoms with Crippen molar-refractivity contribution >= 4 is 33.8 Å². The van der Waals surface area contributed by atoms with Crippen molar-refractivity contribution < 1.29 is 9.59 Å². The highest BCUT2D eigenvalue weighted by Crippen LogP contribution is 2.45. The van der Waals surface area contributed by atoms with Crippen LogP contribution in [0.25, 0.3) is 0 Å². The van der Waals surface area contributed by atoms with E-state index in [4.69, 9.17) is 11.5 Å². The van der Waals surface area contributed by atoms with Gasteiger partial charge in [-0.3, -0.25) is 9.59 Å².